The van der Waals surface area contributed by atoms with Gasteiger partial charge in [0.15, 0.2) is 0 Å². The van der Waals surface area contributed by atoms with E-state index >= 15 is 0 Å². The summed E-state index contributed by atoms with van der Waals surface area (Å²) in [5.41, 5.74) is 6.60. The first kappa shape index (κ1) is 14.8. The van der Waals surface area contributed by atoms with Gasteiger partial charge in [0.05, 0.1) is 5.56 Å². The van der Waals surface area contributed by atoms with E-state index < -0.39 is 0 Å². The molecule has 1 atom stereocenters. The van der Waals surface area contributed by atoms with E-state index in [0.29, 0.717) is 6.54 Å². The maximum atomic E-state index is 12.2. The topological polar surface area (TPSA) is 99.2 Å². The summed E-state index contributed by atoms with van der Waals surface area (Å²) < 4.78 is 0. The van der Waals surface area contributed by atoms with Gasteiger partial charge in [-0.1, -0.05) is 23.7 Å². The molecule has 1 rings (SSSR count). The van der Waals surface area contributed by atoms with Gasteiger partial charge in [-0.3, -0.25) is 4.79 Å². The van der Waals surface area contributed by atoms with Crippen molar-refractivity contribution in [2.24, 2.45) is 16.8 Å². The second-order valence-corrected chi connectivity index (χ2v) is 4.63. The molecule has 1 unspecified atom stereocenters. The molecule has 1 amide bonds. The molecule has 4 N–H and O–H groups in total. The number of amides is 1. The summed E-state index contributed by atoms with van der Waals surface area (Å²) in [6.45, 7) is 3.88. The van der Waals surface area contributed by atoms with Crippen molar-refractivity contribution in [3.05, 3.63) is 29.3 Å². The van der Waals surface area contributed by atoms with Crippen LogP contribution in [0.2, 0.25) is 0 Å². The van der Waals surface area contributed by atoms with Crippen molar-refractivity contribution in [1.82, 2.24) is 4.90 Å². The van der Waals surface area contributed by atoms with Crippen molar-refractivity contribution in [3.8, 4) is 5.75 Å². The fourth-order valence-electron chi connectivity index (χ4n) is 1.71. The second-order valence-electron chi connectivity index (χ2n) is 4.63. The van der Waals surface area contributed by atoms with Crippen LogP contribution in [0.15, 0.2) is 23.4 Å². The van der Waals surface area contributed by atoms with Crippen molar-refractivity contribution < 1.29 is 15.1 Å². The molecule has 19 heavy (non-hydrogen) atoms. The van der Waals surface area contributed by atoms with Crippen LogP contribution in [0.25, 0.3) is 0 Å². The number of hydrogen-bond donors (Lipinski definition) is 3. The summed E-state index contributed by atoms with van der Waals surface area (Å²) in [4.78, 5) is 13.6. The zero-order valence-electron chi connectivity index (χ0n) is 11.3. The standard InChI is InChI=1S/C13H19N3O3/c1-8-4-5-11(17)10(6-8)13(18)16(3)7-9(2)12(14)15-19/h4-6,9,17,19H,7H2,1-3H3,(H2,14,15). The van der Waals surface area contributed by atoms with E-state index in [9.17, 15) is 9.90 Å². The molecule has 1 aromatic carbocycles. The number of aromatic hydroxyl groups is 1. The fraction of sp³-hybridized carbons (Fsp3) is 0.385. The summed E-state index contributed by atoms with van der Waals surface area (Å²) in [6.07, 6.45) is 0. The van der Waals surface area contributed by atoms with Gasteiger partial charge in [0.2, 0.25) is 0 Å². The Morgan fingerprint density at radius 3 is 2.74 bits per heavy atom. The molecule has 6 heteroatoms. The Balaban J connectivity index is 2.85. The van der Waals surface area contributed by atoms with Gasteiger partial charge >= 0.3 is 0 Å². The summed E-state index contributed by atoms with van der Waals surface area (Å²) in [7, 11) is 1.60. The largest absolute Gasteiger partial charge is 0.507 e. The van der Waals surface area contributed by atoms with Crippen LogP contribution in [0.5, 0.6) is 5.75 Å². The Kier molecular flexibility index (Phi) is 4.74. The minimum absolute atomic E-state index is 0.0566. The Labute approximate surface area is 112 Å². The van der Waals surface area contributed by atoms with Crippen LogP contribution in [0.1, 0.15) is 22.8 Å². The molecule has 6 nitrogen and oxygen atoms in total. The Bertz CT molecular complexity index is 500. The maximum Gasteiger partial charge on any atom is 0.257 e. The second kappa shape index (κ2) is 6.08. The van der Waals surface area contributed by atoms with Crippen LogP contribution >= 0.6 is 0 Å². The summed E-state index contributed by atoms with van der Waals surface area (Å²) in [6, 6.07) is 4.84. The Hall–Kier alpha value is -2.24. The maximum absolute atomic E-state index is 12.2. The highest BCUT2D eigenvalue weighted by molar-refractivity contribution is 5.97. The molecule has 0 saturated heterocycles. The number of benzene rings is 1. The van der Waals surface area contributed by atoms with Crippen LogP contribution in [-0.2, 0) is 0 Å². The molecule has 0 fully saturated rings. The van der Waals surface area contributed by atoms with Crippen molar-refractivity contribution in [1.29, 1.82) is 0 Å². The fourth-order valence-corrected chi connectivity index (χ4v) is 1.71. The minimum atomic E-state index is -0.307. The van der Waals surface area contributed by atoms with E-state index in [1.165, 1.54) is 11.0 Å². The lowest BCUT2D eigenvalue weighted by Crippen LogP contribution is -2.36. The van der Waals surface area contributed by atoms with Crippen molar-refractivity contribution in [3.63, 3.8) is 0 Å². The van der Waals surface area contributed by atoms with E-state index in [1.54, 1.807) is 26.1 Å². The third-order valence-electron chi connectivity index (χ3n) is 2.90. The van der Waals surface area contributed by atoms with Crippen LogP contribution in [0.3, 0.4) is 0 Å². The minimum Gasteiger partial charge on any atom is -0.507 e. The van der Waals surface area contributed by atoms with Gasteiger partial charge in [0.1, 0.15) is 11.6 Å². The molecule has 0 aliphatic rings. The monoisotopic (exact) mass is 265 g/mol. The van der Waals surface area contributed by atoms with E-state index in [0.717, 1.165) is 5.56 Å². The molecule has 0 bridgehead atoms. The number of rotatable bonds is 4. The first-order valence-electron chi connectivity index (χ1n) is 5.89. The first-order valence-corrected chi connectivity index (χ1v) is 5.89. The smallest absolute Gasteiger partial charge is 0.257 e. The molecule has 0 aliphatic carbocycles. The number of nitrogens with two attached hydrogens (primary N) is 1. The molecule has 0 spiro atoms. The lowest BCUT2D eigenvalue weighted by molar-refractivity contribution is 0.0783. The molecular weight excluding hydrogens is 246 g/mol. The molecule has 0 aliphatic heterocycles. The van der Waals surface area contributed by atoms with Gasteiger partial charge in [-0.05, 0) is 19.1 Å². The third-order valence-corrected chi connectivity index (χ3v) is 2.90. The number of nitrogens with zero attached hydrogens (tertiary/aromatic N) is 2. The zero-order valence-corrected chi connectivity index (χ0v) is 11.3. The predicted molar refractivity (Wildman–Crippen MR) is 72.4 cm³/mol. The summed E-state index contributed by atoms with van der Waals surface area (Å²) in [5, 5.41) is 21.2. The van der Waals surface area contributed by atoms with Gasteiger partial charge in [-0.25, -0.2) is 0 Å². The van der Waals surface area contributed by atoms with Crippen LogP contribution in [0, 0.1) is 12.8 Å². The molecule has 0 saturated carbocycles. The lowest BCUT2D eigenvalue weighted by Gasteiger charge is -2.21. The number of phenols is 1. The average molecular weight is 265 g/mol. The van der Waals surface area contributed by atoms with E-state index in [4.69, 9.17) is 10.9 Å². The normalized spacial score (nSPS) is 13.1. The van der Waals surface area contributed by atoms with Crippen molar-refractivity contribution >= 4 is 11.7 Å². The number of phenolic OH excluding ortho intramolecular Hbond substituents is 1. The summed E-state index contributed by atoms with van der Waals surface area (Å²) >= 11 is 0. The van der Waals surface area contributed by atoms with Gasteiger partial charge in [0, 0.05) is 19.5 Å². The molecule has 0 aromatic heterocycles. The van der Waals surface area contributed by atoms with Crippen molar-refractivity contribution in [2.45, 2.75) is 13.8 Å². The van der Waals surface area contributed by atoms with E-state index in [-0.39, 0.29) is 29.0 Å². The summed E-state index contributed by atoms with van der Waals surface area (Å²) in [5.74, 6) is -0.572. The molecular formula is C13H19N3O3. The van der Waals surface area contributed by atoms with Crippen LogP contribution in [-0.4, -0.2) is 40.5 Å². The molecule has 0 radical (unpaired) electrons. The number of amidine groups is 1. The highest BCUT2D eigenvalue weighted by atomic mass is 16.4. The number of aryl methyl sites for hydroxylation is 1. The highest BCUT2D eigenvalue weighted by Crippen LogP contribution is 2.20. The number of oxime groups is 1. The first-order chi connectivity index (χ1) is 8.86. The molecule has 1 aromatic rings. The molecule has 0 heterocycles. The van der Waals surface area contributed by atoms with Crippen LogP contribution < -0.4 is 5.73 Å². The Morgan fingerprint density at radius 1 is 1.53 bits per heavy atom. The predicted octanol–water partition coefficient (Wildman–Crippen LogP) is 1.16. The van der Waals surface area contributed by atoms with Gasteiger partial charge in [-0.15, -0.1) is 0 Å². The van der Waals surface area contributed by atoms with Crippen molar-refractivity contribution in [2.75, 3.05) is 13.6 Å². The highest BCUT2D eigenvalue weighted by Gasteiger charge is 2.19. The van der Waals surface area contributed by atoms with Crippen LogP contribution in [0.4, 0.5) is 0 Å². The SMILES string of the molecule is Cc1ccc(O)c(C(=O)N(C)CC(C)/C(N)=N/O)c1. The number of carbonyl (C=O) groups is 1. The quantitative estimate of drug-likeness (QED) is 0.329. The van der Waals surface area contributed by atoms with E-state index in [1.807, 2.05) is 6.92 Å². The van der Waals surface area contributed by atoms with Gasteiger partial charge < -0.3 is 20.9 Å². The van der Waals surface area contributed by atoms with E-state index in [2.05, 4.69) is 5.16 Å². The zero-order chi connectivity index (χ0) is 14.6. The Morgan fingerprint density at radius 2 is 2.16 bits per heavy atom. The third kappa shape index (κ3) is 3.61. The van der Waals surface area contributed by atoms with Gasteiger partial charge in [0.25, 0.3) is 5.91 Å². The van der Waals surface area contributed by atoms with Gasteiger partial charge in [-0.2, -0.15) is 0 Å². The number of carbonyl (C=O) groups excluding carboxylic acids is 1. The molecule has 104 valence electrons. The average Bonchev–Trinajstić information content (AvgIpc) is 2.39. The lowest BCUT2D eigenvalue weighted by atomic mass is 10.1. The number of hydrogen-bond acceptors (Lipinski definition) is 4.